The Labute approximate surface area is 133 Å². The molecule has 0 saturated heterocycles. The molecule has 1 atom stereocenters. The van der Waals surface area contributed by atoms with E-state index in [1.165, 1.54) is 0 Å². The molecule has 0 bridgehead atoms. The standard InChI is InChI=1S/C16H29N5O/c1-4-17-16(21-14(2)13-22-3)20-12-8-7-11-19-15-9-5-6-10-18-15/h5-6,9-10,14H,4,7-8,11-13H2,1-3H3,(H,18,19)(H2,17,20,21). The second-order valence-electron chi connectivity index (χ2n) is 5.11. The zero-order valence-corrected chi connectivity index (χ0v) is 13.9. The molecule has 0 spiro atoms. The van der Waals surface area contributed by atoms with Crippen LogP contribution >= 0.6 is 0 Å². The fourth-order valence-corrected chi connectivity index (χ4v) is 1.96. The zero-order valence-electron chi connectivity index (χ0n) is 13.9. The molecule has 0 aliphatic rings. The Balaban J connectivity index is 2.20. The van der Waals surface area contributed by atoms with Crippen molar-refractivity contribution in [2.24, 2.45) is 4.99 Å². The fourth-order valence-electron chi connectivity index (χ4n) is 1.96. The number of nitrogens with one attached hydrogen (secondary N) is 3. The summed E-state index contributed by atoms with van der Waals surface area (Å²) in [4.78, 5) is 8.80. The molecule has 22 heavy (non-hydrogen) atoms. The highest BCUT2D eigenvalue weighted by atomic mass is 16.5. The topological polar surface area (TPSA) is 70.6 Å². The van der Waals surface area contributed by atoms with Crippen LogP contribution in [0, 0.1) is 0 Å². The third kappa shape index (κ3) is 8.46. The Bertz CT molecular complexity index is 410. The number of unbranched alkanes of at least 4 members (excludes halogenated alkanes) is 1. The van der Waals surface area contributed by atoms with E-state index in [-0.39, 0.29) is 6.04 Å². The first-order chi connectivity index (χ1) is 10.8. The summed E-state index contributed by atoms with van der Waals surface area (Å²) < 4.78 is 5.12. The summed E-state index contributed by atoms with van der Waals surface area (Å²) in [6.07, 6.45) is 3.89. The van der Waals surface area contributed by atoms with E-state index < -0.39 is 0 Å². The predicted molar refractivity (Wildman–Crippen MR) is 92.4 cm³/mol. The number of ether oxygens (including phenoxy) is 1. The van der Waals surface area contributed by atoms with Crippen LogP contribution in [-0.2, 0) is 4.74 Å². The minimum atomic E-state index is 0.244. The molecule has 0 fully saturated rings. The number of methoxy groups -OCH3 is 1. The summed E-state index contributed by atoms with van der Waals surface area (Å²) in [6, 6.07) is 6.12. The second kappa shape index (κ2) is 11.8. The van der Waals surface area contributed by atoms with Gasteiger partial charge in [0.25, 0.3) is 0 Å². The Morgan fingerprint density at radius 3 is 2.91 bits per heavy atom. The minimum absolute atomic E-state index is 0.244. The predicted octanol–water partition coefficient (Wildman–Crippen LogP) is 1.86. The number of rotatable bonds is 10. The van der Waals surface area contributed by atoms with E-state index in [4.69, 9.17) is 4.74 Å². The molecular formula is C16H29N5O. The molecule has 0 saturated carbocycles. The highest BCUT2D eigenvalue weighted by Crippen LogP contribution is 2.00. The molecule has 1 aromatic heterocycles. The van der Waals surface area contributed by atoms with E-state index >= 15 is 0 Å². The van der Waals surface area contributed by atoms with Gasteiger partial charge in [-0.1, -0.05) is 6.07 Å². The number of pyridine rings is 1. The molecule has 0 radical (unpaired) electrons. The molecular weight excluding hydrogens is 278 g/mol. The van der Waals surface area contributed by atoms with Crippen LogP contribution in [0.25, 0.3) is 0 Å². The summed E-state index contributed by atoms with van der Waals surface area (Å²) >= 11 is 0. The third-order valence-corrected chi connectivity index (χ3v) is 2.97. The first-order valence-corrected chi connectivity index (χ1v) is 7.95. The Morgan fingerprint density at radius 2 is 2.23 bits per heavy atom. The maximum absolute atomic E-state index is 5.12. The van der Waals surface area contributed by atoms with Crippen LogP contribution < -0.4 is 16.0 Å². The van der Waals surface area contributed by atoms with Crippen LogP contribution in [0.4, 0.5) is 5.82 Å². The molecule has 0 aromatic carbocycles. The van der Waals surface area contributed by atoms with Gasteiger partial charge in [-0.05, 0) is 38.8 Å². The van der Waals surface area contributed by atoms with Gasteiger partial charge in [-0.3, -0.25) is 4.99 Å². The molecule has 1 unspecified atom stereocenters. The number of aromatic nitrogens is 1. The molecule has 3 N–H and O–H groups in total. The average molecular weight is 307 g/mol. The number of aliphatic imine (C=N–C) groups is 1. The van der Waals surface area contributed by atoms with Crippen molar-refractivity contribution in [1.82, 2.24) is 15.6 Å². The van der Waals surface area contributed by atoms with Gasteiger partial charge in [-0.2, -0.15) is 0 Å². The lowest BCUT2D eigenvalue weighted by Crippen LogP contribution is -2.44. The number of hydrogen-bond donors (Lipinski definition) is 3. The van der Waals surface area contributed by atoms with Crippen molar-refractivity contribution in [1.29, 1.82) is 0 Å². The highest BCUT2D eigenvalue weighted by Gasteiger charge is 2.03. The van der Waals surface area contributed by atoms with Gasteiger partial charge < -0.3 is 20.7 Å². The Kier molecular flexibility index (Phi) is 9.78. The molecule has 6 heteroatoms. The summed E-state index contributed by atoms with van der Waals surface area (Å²) in [7, 11) is 1.71. The van der Waals surface area contributed by atoms with E-state index in [2.05, 4.69) is 39.8 Å². The van der Waals surface area contributed by atoms with Crippen molar-refractivity contribution >= 4 is 11.8 Å². The van der Waals surface area contributed by atoms with Crippen molar-refractivity contribution in [3.05, 3.63) is 24.4 Å². The maximum Gasteiger partial charge on any atom is 0.191 e. The Morgan fingerprint density at radius 1 is 1.36 bits per heavy atom. The van der Waals surface area contributed by atoms with E-state index in [1.807, 2.05) is 18.2 Å². The van der Waals surface area contributed by atoms with Gasteiger partial charge in [-0.25, -0.2) is 4.98 Å². The molecule has 1 aromatic rings. The fraction of sp³-hybridized carbons (Fsp3) is 0.625. The second-order valence-corrected chi connectivity index (χ2v) is 5.11. The van der Waals surface area contributed by atoms with Crippen molar-refractivity contribution in [3.8, 4) is 0 Å². The van der Waals surface area contributed by atoms with Crippen molar-refractivity contribution in [3.63, 3.8) is 0 Å². The number of nitrogens with zero attached hydrogens (tertiary/aromatic N) is 2. The van der Waals surface area contributed by atoms with Crippen molar-refractivity contribution in [2.45, 2.75) is 32.7 Å². The van der Waals surface area contributed by atoms with Gasteiger partial charge in [0.05, 0.1) is 6.61 Å². The zero-order chi connectivity index (χ0) is 16.0. The largest absolute Gasteiger partial charge is 0.383 e. The van der Waals surface area contributed by atoms with Crippen LogP contribution in [0.2, 0.25) is 0 Å². The number of anilines is 1. The quantitative estimate of drug-likeness (QED) is 0.350. The number of hydrogen-bond acceptors (Lipinski definition) is 4. The lowest BCUT2D eigenvalue weighted by atomic mass is 10.3. The van der Waals surface area contributed by atoms with Gasteiger partial charge >= 0.3 is 0 Å². The van der Waals surface area contributed by atoms with E-state index in [9.17, 15) is 0 Å². The van der Waals surface area contributed by atoms with Crippen LogP contribution in [0.3, 0.4) is 0 Å². The van der Waals surface area contributed by atoms with Crippen LogP contribution in [0.15, 0.2) is 29.4 Å². The first-order valence-electron chi connectivity index (χ1n) is 7.95. The summed E-state index contributed by atoms with van der Waals surface area (Å²) in [5, 5.41) is 9.87. The molecule has 1 heterocycles. The van der Waals surface area contributed by atoms with Crippen molar-refractivity contribution < 1.29 is 4.74 Å². The molecule has 1 rings (SSSR count). The maximum atomic E-state index is 5.12. The smallest absolute Gasteiger partial charge is 0.191 e. The highest BCUT2D eigenvalue weighted by molar-refractivity contribution is 5.80. The van der Waals surface area contributed by atoms with Gasteiger partial charge in [0.15, 0.2) is 5.96 Å². The minimum Gasteiger partial charge on any atom is -0.383 e. The van der Waals surface area contributed by atoms with E-state index in [0.29, 0.717) is 6.61 Å². The van der Waals surface area contributed by atoms with Gasteiger partial charge in [-0.15, -0.1) is 0 Å². The SMILES string of the molecule is CCNC(=NCCCCNc1ccccn1)NC(C)COC. The third-order valence-electron chi connectivity index (χ3n) is 2.97. The normalized spacial score (nSPS) is 12.8. The first kappa shape index (κ1) is 18.2. The number of guanidine groups is 1. The van der Waals surface area contributed by atoms with Crippen molar-refractivity contribution in [2.75, 3.05) is 38.7 Å². The Hall–Kier alpha value is -1.82. The van der Waals surface area contributed by atoms with Gasteiger partial charge in [0.2, 0.25) is 0 Å². The van der Waals surface area contributed by atoms with Gasteiger partial charge in [0.1, 0.15) is 5.82 Å². The monoisotopic (exact) mass is 307 g/mol. The average Bonchev–Trinajstić information content (AvgIpc) is 2.52. The molecule has 0 amide bonds. The van der Waals surface area contributed by atoms with E-state index in [0.717, 1.165) is 44.3 Å². The van der Waals surface area contributed by atoms with Crippen LogP contribution in [0.1, 0.15) is 26.7 Å². The lowest BCUT2D eigenvalue weighted by Gasteiger charge is -2.16. The summed E-state index contributed by atoms with van der Waals surface area (Å²) in [5.41, 5.74) is 0. The lowest BCUT2D eigenvalue weighted by molar-refractivity contribution is 0.179. The van der Waals surface area contributed by atoms with E-state index in [1.54, 1.807) is 13.3 Å². The van der Waals surface area contributed by atoms with Crippen LogP contribution in [0.5, 0.6) is 0 Å². The summed E-state index contributed by atoms with van der Waals surface area (Å²) in [6.45, 7) is 7.38. The van der Waals surface area contributed by atoms with Crippen LogP contribution in [-0.4, -0.2) is 50.3 Å². The molecule has 6 nitrogen and oxygen atoms in total. The summed E-state index contributed by atoms with van der Waals surface area (Å²) in [5.74, 6) is 1.78. The molecule has 0 aliphatic heterocycles. The van der Waals surface area contributed by atoms with Gasteiger partial charge in [0, 0.05) is 39.0 Å². The molecule has 124 valence electrons. The molecule has 0 aliphatic carbocycles.